The van der Waals surface area contributed by atoms with Crippen molar-refractivity contribution >= 4 is 41.9 Å². The maximum absolute atomic E-state index is 12.7. The molecule has 1 aromatic carbocycles. The van der Waals surface area contributed by atoms with Crippen molar-refractivity contribution in [2.75, 3.05) is 7.05 Å². The van der Waals surface area contributed by atoms with E-state index in [1.165, 1.54) is 4.31 Å². The molecular weight excluding hydrogens is 420 g/mol. The largest absolute Gasteiger partial charge is 0.260 e. The summed E-state index contributed by atoms with van der Waals surface area (Å²) >= 11 is 6.70. The molecule has 1 heterocycles. The predicted molar refractivity (Wildman–Crippen MR) is 89.5 cm³/mol. The lowest BCUT2D eigenvalue weighted by molar-refractivity contribution is 0.461. The van der Waals surface area contributed by atoms with Crippen molar-refractivity contribution in [1.82, 2.24) is 9.29 Å². The number of nitrogens with zero attached hydrogens (tertiary/aromatic N) is 2. The van der Waals surface area contributed by atoms with Crippen molar-refractivity contribution in [3.05, 3.63) is 56.7 Å². The molecule has 0 saturated heterocycles. The summed E-state index contributed by atoms with van der Waals surface area (Å²) in [6.07, 6.45) is 1.65. The molecular formula is C14H14Br2N2O2S. The molecule has 0 saturated carbocycles. The normalized spacial score (nSPS) is 11.9. The molecule has 0 radical (unpaired) electrons. The van der Waals surface area contributed by atoms with Gasteiger partial charge in [0.05, 0.1) is 17.1 Å². The second-order valence-corrected chi connectivity index (χ2v) is 8.34. The average molecular weight is 434 g/mol. The third kappa shape index (κ3) is 3.71. The summed E-state index contributed by atoms with van der Waals surface area (Å²) in [7, 11) is -2.04. The van der Waals surface area contributed by atoms with Crippen LogP contribution in [0.2, 0.25) is 0 Å². The number of halogens is 2. The third-order valence-electron chi connectivity index (χ3n) is 3.01. The minimum Gasteiger partial charge on any atom is -0.260 e. The van der Waals surface area contributed by atoms with Crippen molar-refractivity contribution in [2.24, 2.45) is 0 Å². The van der Waals surface area contributed by atoms with Gasteiger partial charge in [-0.15, -0.1) is 0 Å². The summed E-state index contributed by atoms with van der Waals surface area (Å²) in [5, 5.41) is 0. The van der Waals surface area contributed by atoms with Gasteiger partial charge < -0.3 is 0 Å². The first-order chi connectivity index (χ1) is 9.82. The Kier molecular flexibility index (Phi) is 5.19. The molecule has 0 aliphatic heterocycles. The highest BCUT2D eigenvalue weighted by Crippen LogP contribution is 2.30. The number of aromatic nitrogens is 1. The monoisotopic (exact) mass is 432 g/mol. The summed E-state index contributed by atoms with van der Waals surface area (Å²) in [5.41, 5.74) is 1.67. The summed E-state index contributed by atoms with van der Waals surface area (Å²) in [5.74, 6) is 0. The van der Waals surface area contributed by atoms with Gasteiger partial charge >= 0.3 is 0 Å². The van der Waals surface area contributed by atoms with Gasteiger partial charge in [-0.1, -0.05) is 22.0 Å². The Hall–Kier alpha value is -0.760. The number of pyridine rings is 1. The Bertz CT molecular complexity index is 749. The highest BCUT2D eigenvalue weighted by Gasteiger charge is 2.24. The molecule has 0 aliphatic rings. The Balaban J connectivity index is 2.36. The van der Waals surface area contributed by atoms with Crippen LogP contribution in [0, 0.1) is 6.92 Å². The molecule has 2 aromatic rings. The molecule has 0 fully saturated rings. The number of aryl methyl sites for hydroxylation is 1. The van der Waals surface area contributed by atoms with E-state index in [2.05, 4.69) is 36.8 Å². The van der Waals surface area contributed by atoms with Crippen molar-refractivity contribution in [2.45, 2.75) is 18.4 Å². The van der Waals surface area contributed by atoms with Crippen LogP contribution in [0.4, 0.5) is 0 Å². The SMILES string of the molecule is Cc1cc(Br)c(S(=O)(=O)N(C)Cc2ccccn2)cc1Br. The molecule has 0 spiro atoms. The maximum Gasteiger partial charge on any atom is 0.244 e. The van der Waals surface area contributed by atoms with Crippen molar-refractivity contribution in [3.8, 4) is 0 Å². The summed E-state index contributed by atoms with van der Waals surface area (Å²) in [6, 6.07) is 8.83. The molecule has 0 atom stereocenters. The number of hydrogen-bond acceptors (Lipinski definition) is 3. The first-order valence-electron chi connectivity index (χ1n) is 6.14. The smallest absolute Gasteiger partial charge is 0.244 e. The van der Waals surface area contributed by atoms with E-state index in [4.69, 9.17) is 0 Å². The van der Waals surface area contributed by atoms with E-state index in [0.717, 1.165) is 10.0 Å². The van der Waals surface area contributed by atoms with E-state index in [9.17, 15) is 8.42 Å². The van der Waals surface area contributed by atoms with Gasteiger partial charge in [-0.3, -0.25) is 4.98 Å². The van der Waals surface area contributed by atoms with Gasteiger partial charge in [-0.2, -0.15) is 4.31 Å². The topological polar surface area (TPSA) is 50.3 Å². The van der Waals surface area contributed by atoms with E-state index >= 15 is 0 Å². The van der Waals surface area contributed by atoms with Crippen LogP contribution in [0.1, 0.15) is 11.3 Å². The quantitative estimate of drug-likeness (QED) is 0.737. The van der Waals surface area contributed by atoms with Gasteiger partial charge in [-0.25, -0.2) is 8.42 Å². The second-order valence-electron chi connectivity index (χ2n) is 4.61. The van der Waals surface area contributed by atoms with Crippen molar-refractivity contribution in [1.29, 1.82) is 0 Å². The lowest BCUT2D eigenvalue weighted by Gasteiger charge is -2.18. The van der Waals surface area contributed by atoms with Gasteiger partial charge in [0.15, 0.2) is 0 Å². The van der Waals surface area contributed by atoms with E-state index in [1.54, 1.807) is 37.5 Å². The van der Waals surface area contributed by atoms with E-state index in [-0.39, 0.29) is 11.4 Å². The molecule has 1 aromatic heterocycles. The van der Waals surface area contributed by atoms with Gasteiger partial charge in [0.25, 0.3) is 0 Å². The molecule has 0 amide bonds. The molecule has 112 valence electrons. The van der Waals surface area contributed by atoms with Gasteiger partial charge in [-0.05, 0) is 52.7 Å². The van der Waals surface area contributed by atoms with Crippen LogP contribution in [-0.2, 0) is 16.6 Å². The molecule has 7 heteroatoms. The van der Waals surface area contributed by atoms with E-state index < -0.39 is 10.0 Å². The first kappa shape index (κ1) is 16.6. The zero-order chi connectivity index (χ0) is 15.6. The van der Waals surface area contributed by atoms with Gasteiger partial charge in [0.1, 0.15) is 0 Å². The van der Waals surface area contributed by atoms with Gasteiger partial charge in [0.2, 0.25) is 10.0 Å². The van der Waals surface area contributed by atoms with E-state index in [0.29, 0.717) is 10.2 Å². The molecule has 4 nitrogen and oxygen atoms in total. The lowest BCUT2D eigenvalue weighted by atomic mass is 10.2. The standard InChI is InChI=1S/C14H14Br2N2O2S/c1-10-7-13(16)14(8-12(10)15)21(19,20)18(2)9-11-5-3-4-6-17-11/h3-8H,9H2,1-2H3. The summed E-state index contributed by atoms with van der Waals surface area (Å²) < 4.78 is 27.9. The minimum atomic E-state index is -3.59. The lowest BCUT2D eigenvalue weighted by Crippen LogP contribution is -2.27. The van der Waals surface area contributed by atoms with Crippen LogP contribution >= 0.6 is 31.9 Å². The first-order valence-corrected chi connectivity index (χ1v) is 9.17. The zero-order valence-electron chi connectivity index (χ0n) is 11.5. The molecule has 0 aliphatic carbocycles. The fourth-order valence-corrected chi connectivity index (χ4v) is 4.57. The Morgan fingerprint density at radius 3 is 2.52 bits per heavy atom. The fraction of sp³-hybridized carbons (Fsp3) is 0.214. The predicted octanol–water partition coefficient (Wildman–Crippen LogP) is 3.74. The molecule has 0 bridgehead atoms. The summed E-state index contributed by atoms with van der Waals surface area (Å²) in [4.78, 5) is 4.39. The number of hydrogen-bond donors (Lipinski definition) is 0. The summed E-state index contributed by atoms with van der Waals surface area (Å²) in [6.45, 7) is 2.13. The Labute approximate surface area is 141 Å². The zero-order valence-corrected chi connectivity index (χ0v) is 15.5. The maximum atomic E-state index is 12.7. The highest BCUT2D eigenvalue weighted by molar-refractivity contribution is 9.11. The molecule has 21 heavy (non-hydrogen) atoms. The van der Waals surface area contributed by atoms with Crippen molar-refractivity contribution in [3.63, 3.8) is 0 Å². The number of benzene rings is 1. The highest BCUT2D eigenvalue weighted by atomic mass is 79.9. The fourth-order valence-electron chi connectivity index (χ4n) is 1.80. The van der Waals surface area contributed by atoms with Crippen LogP contribution in [-0.4, -0.2) is 24.8 Å². The van der Waals surface area contributed by atoms with E-state index in [1.807, 2.05) is 13.0 Å². The van der Waals surface area contributed by atoms with Crippen LogP contribution in [0.3, 0.4) is 0 Å². The van der Waals surface area contributed by atoms with Crippen LogP contribution < -0.4 is 0 Å². The molecule has 2 rings (SSSR count). The van der Waals surface area contributed by atoms with Crippen molar-refractivity contribution < 1.29 is 8.42 Å². The average Bonchev–Trinajstić information content (AvgIpc) is 2.43. The van der Waals surface area contributed by atoms with Crippen LogP contribution in [0.5, 0.6) is 0 Å². The van der Waals surface area contributed by atoms with Crippen LogP contribution in [0.25, 0.3) is 0 Å². The second kappa shape index (κ2) is 6.56. The third-order valence-corrected chi connectivity index (χ3v) is 6.63. The van der Waals surface area contributed by atoms with Gasteiger partial charge in [0, 0.05) is 22.2 Å². The molecule has 0 N–H and O–H groups in total. The van der Waals surface area contributed by atoms with Crippen LogP contribution in [0.15, 0.2) is 50.4 Å². The number of sulfonamides is 1. The Morgan fingerprint density at radius 2 is 1.90 bits per heavy atom. The minimum absolute atomic E-state index is 0.223. The number of rotatable bonds is 4. The molecule has 0 unspecified atom stereocenters. The Morgan fingerprint density at radius 1 is 1.19 bits per heavy atom.